The summed E-state index contributed by atoms with van der Waals surface area (Å²) in [4.78, 5) is 21.8. The summed E-state index contributed by atoms with van der Waals surface area (Å²) in [5.74, 6) is -1.09. The van der Waals surface area contributed by atoms with Crippen molar-refractivity contribution >= 4 is 11.9 Å². The fourth-order valence-electron chi connectivity index (χ4n) is 1.05. The molecule has 0 spiro atoms. The summed E-state index contributed by atoms with van der Waals surface area (Å²) < 4.78 is 4.36. The quantitative estimate of drug-likeness (QED) is 0.318. The van der Waals surface area contributed by atoms with Crippen molar-refractivity contribution in [2.45, 2.75) is 20.3 Å². The molecule has 0 unspecified atom stereocenters. The third-order valence-corrected chi connectivity index (χ3v) is 1.69. The van der Waals surface area contributed by atoms with E-state index in [9.17, 15) is 9.59 Å². The average Bonchev–Trinajstić information content (AvgIpc) is 2.59. The summed E-state index contributed by atoms with van der Waals surface area (Å²) >= 11 is 0. The maximum Gasteiger partial charge on any atom is 0.342 e. The minimum absolute atomic E-state index is 0.0289. The second-order valence-corrected chi connectivity index (χ2v) is 2.71. The van der Waals surface area contributed by atoms with Crippen LogP contribution in [0.3, 0.4) is 0 Å². The Kier molecular flexibility index (Phi) is 6.52. The van der Waals surface area contributed by atoms with Gasteiger partial charge in [-0.2, -0.15) is 0 Å². The molecular weight excluding hydrogens is 204 g/mol. The zero-order valence-corrected chi connectivity index (χ0v) is 9.66. The normalized spacial score (nSPS) is 17.6. The molecule has 0 saturated carbocycles. The van der Waals surface area contributed by atoms with Crippen LogP contribution in [0.25, 0.3) is 0 Å². The van der Waals surface area contributed by atoms with Gasteiger partial charge in [-0.3, -0.25) is 4.79 Å². The number of esters is 2. The first kappa shape index (κ1) is 14.1. The number of rotatable bonds is 3. The Hall–Kier alpha value is -1.90. The Morgan fingerprint density at radius 3 is 2.31 bits per heavy atom. The first-order chi connectivity index (χ1) is 7.67. The third-order valence-electron chi connectivity index (χ3n) is 1.69. The first-order valence-electron chi connectivity index (χ1n) is 5.08. The van der Waals surface area contributed by atoms with Gasteiger partial charge in [0.1, 0.15) is 0 Å². The summed E-state index contributed by atoms with van der Waals surface area (Å²) in [6.07, 6.45) is 6.44. The molecule has 0 N–H and O–H groups in total. The molecule has 0 amide bonds. The molecule has 1 aliphatic heterocycles. The van der Waals surface area contributed by atoms with E-state index >= 15 is 0 Å². The van der Waals surface area contributed by atoms with Gasteiger partial charge in [0.15, 0.2) is 0 Å². The summed E-state index contributed by atoms with van der Waals surface area (Å²) in [5.41, 5.74) is 1.07. The lowest BCUT2D eigenvalue weighted by molar-refractivity contribution is -0.151. The van der Waals surface area contributed by atoms with Crippen molar-refractivity contribution in [2.24, 2.45) is 0 Å². The molecule has 86 valence electrons. The molecule has 1 rings (SSSR count). The van der Waals surface area contributed by atoms with Crippen molar-refractivity contribution in [3.05, 3.63) is 48.6 Å². The molecule has 0 aromatic carbocycles. The van der Waals surface area contributed by atoms with Crippen LogP contribution in [0, 0.1) is 0 Å². The highest BCUT2D eigenvalue weighted by atomic mass is 16.6. The lowest BCUT2D eigenvalue weighted by Gasteiger charge is -1.92. The molecule has 0 aromatic heterocycles. The molecule has 1 heterocycles. The molecule has 1 saturated heterocycles. The van der Waals surface area contributed by atoms with Crippen molar-refractivity contribution in [1.82, 2.24) is 0 Å². The average molecular weight is 220 g/mol. The molecule has 1 fully saturated rings. The van der Waals surface area contributed by atoms with Gasteiger partial charge in [-0.05, 0) is 11.6 Å². The number of carbonyl (C=O) groups excluding carboxylic acids is 2. The minimum Gasteiger partial charge on any atom is -0.389 e. The minimum atomic E-state index is -0.577. The van der Waals surface area contributed by atoms with Gasteiger partial charge in [-0.25, -0.2) is 4.79 Å². The van der Waals surface area contributed by atoms with Crippen LogP contribution in [-0.2, 0) is 14.3 Å². The fourth-order valence-corrected chi connectivity index (χ4v) is 1.05. The number of cyclic esters (lactones) is 2. The van der Waals surface area contributed by atoms with E-state index in [0.29, 0.717) is 5.57 Å². The van der Waals surface area contributed by atoms with Crippen LogP contribution in [0.1, 0.15) is 20.3 Å². The van der Waals surface area contributed by atoms with Crippen LogP contribution in [0.15, 0.2) is 48.6 Å². The Bertz CT molecular complexity index is 359. The van der Waals surface area contributed by atoms with Crippen molar-refractivity contribution < 1.29 is 14.3 Å². The first-order valence-corrected chi connectivity index (χ1v) is 5.08. The number of allylic oxidation sites excluding steroid dienone is 5. The van der Waals surface area contributed by atoms with Gasteiger partial charge >= 0.3 is 11.9 Å². The molecule has 3 nitrogen and oxygen atoms in total. The van der Waals surface area contributed by atoms with E-state index in [-0.39, 0.29) is 6.42 Å². The zero-order valence-electron chi connectivity index (χ0n) is 9.66. The van der Waals surface area contributed by atoms with Crippen LogP contribution in [-0.4, -0.2) is 11.9 Å². The van der Waals surface area contributed by atoms with Crippen LogP contribution >= 0.6 is 0 Å². The highest BCUT2D eigenvalue weighted by Crippen LogP contribution is 2.17. The van der Waals surface area contributed by atoms with Gasteiger partial charge in [0.25, 0.3) is 0 Å². The van der Waals surface area contributed by atoms with Gasteiger partial charge in [-0.15, -0.1) is 0 Å². The monoisotopic (exact) mass is 220 g/mol. The van der Waals surface area contributed by atoms with E-state index in [0.717, 1.165) is 5.57 Å². The molecule has 16 heavy (non-hydrogen) atoms. The van der Waals surface area contributed by atoms with E-state index in [2.05, 4.69) is 17.9 Å². The molecule has 3 heteroatoms. The Morgan fingerprint density at radius 1 is 1.31 bits per heavy atom. The molecule has 0 aromatic rings. The topological polar surface area (TPSA) is 43.4 Å². The largest absolute Gasteiger partial charge is 0.389 e. The van der Waals surface area contributed by atoms with Crippen molar-refractivity contribution in [3.63, 3.8) is 0 Å². The number of ether oxygens (including phenoxy) is 1. The smallest absolute Gasteiger partial charge is 0.342 e. The van der Waals surface area contributed by atoms with Gasteiger partial charge < -0.3 is 4.74 Å². The van der Waals surface area contributed by atoms with Gasteiger partial charge in [-0.1, -0.05) is 45.2 Å². The number of hydrogen-bond acceptors (Lipinski definition) is 3. The Balaban J connectivity index is 0.00000106. The second-order valence-electron chi connectivity index (χ2n) is 2.71. The van der Waals surface area contributed by atoms with E-state index in [1.165, 1.54) is 0 Å². The van der Waals surface area contributed by atoms with Gasteiger partial charge in [0, 0.05) is 5.57 Å². The molecule has 0 aliphatic carbocycles. The van der Waals surface area contributed by atoms with E-state index < -0.39 is 11.9 Å². The van der Waals surface area contributed by atoms with E-state index in [4.69, 9.17) is 0 Å². The standard InChI is InChI=1S/C11H10O3.C2H6/c1-3-5-8(4-2)6-9-7-10(12)14-11(9)13;1-2/h3-6H,1-2,7H2;1-2H3/b8-5+,9-6-;. The van der Waals surface area contributed by atoms with Crippen LogP contribution in [0.2, 0.25) is 0 Å². The van der Waals surface area contributed by atoms with Crippen LogP contribution in [0.4, 0.5) is 0 Å². The SMILES string of the molecule is C=C/C=C(C=C)/C=C1/CC(=O)OC1=O.CC. The van der Waals surface area contributed by atoms with E-state index in [1.807, 2.05) is 13.8 Å². The molecule has 1 aliphatic rings. The summed E-state index contributed by atoms with van der Waals surface area (Å²) in [6.45, 7) is 11.1. The predicted molar refractivity (Wildman–Crippen MR) is 63.6 cm³/mol. The van der Waals surface area contributed by atoms with E-state index in [1.54, 1.807) is 24.3 Å². The lowest BCUT2D eigenvalue weighted by Crippen LogP contribution is -1.97. The van der Waals surface area contributed by atoms with Gasteiger partial charge in [0.05, 0.1) is 6.42 Å². The zero-order chi connectivity index (χ0) is 12.6. The highest BCUT2D eigenvalue weighted by molar-refractivity contribution is 6.06. The third kappa shape index (κ3) is 4.09. The lowest BCUT2D eigenvalue weighted by atomic mass is 10.1. The Morgan fingerprint density at radius 2 is 1.94 bits per heavy atom. The maximum atomic E-state index is 11.0. The van der Waals surface area contributed by atoms with Crippen molar-refractivity contribution in [1.29, 1.82) is 0 Å². The maximum absolute atomic E-state index is 11.0. The fraction of sp³-hybridized carbons (Fsp3) is 0.231. The summed E-state index contributed by atoms with van der Waals surface area (Å²) in [5, 5.41) is 0. The highest BCUT2D eigenvalue weighted by Gasteiger charge is 2.26. The summed E-state index contributed by atoms with van der Waals surface area (Å²) in [7, 11) is 0. The predicted octanol–water partition coefficient (Wildman–Crippen LogP) is 2.71. The summed E-state index contributed by atoms with van der Waals surface area (Å²) in [6, 6.07) is 0. The van der Waals surface area contributed by atoms with Crippen molar-refractivity contribution in [3.8, 4) is 0 Å². The molecular formula is C13H16O3. The number of hydrogen-bond donors (Lipinski definition) is 0. The van der Waals surface area contributed by atoms with Crippen LogP contribution < -0.4 is 0 Å². The molecule has 0 atom stereocenters. The second kappa shape index (κ2) is 7.40. The number of carbonyl (C=O) groups is 2. The van der Waals surface area contributed by atoms with Gasteiger partial charge in [0.2, 0.25) is 0 Å². The molecule has 0 bridgehead atoms. The Labute approximate surface area is 95.8 Å². The van der Waals surface area contributed by atoms with Crippen LogP contribution in [0.5, 0.6) is 0 Å². The van der Waals surface area contributed by atoms with Crippen molar-refractivity contribution in [2.75, 3.05) is 0 Å². The molecule has 0 radical (unpaired) electrons.